The van der Waals surface area contributed by atoms with Crippen LogP contribution < -0.4 is 10.6 Å². The molecule has 8 nitrogen and oxygen atoms in total. The van der Waals surface area contributed by atoms with Crippen molar-refractivity contribution in [2.24, 2.45) is 23.2 Å². The number of aromatic nitrogens is 2. The lowest BCUT2D eigenvalue weighted by atomic mass is 9.49. The van der Waals surface area contributed by atoms with Gasteiger partial charge in [-0.25, -0.2) is 0 Å². The van der Waals surface area contributed by atoms with E-state index in [2.05, 4.69) is 20.8 Å². The lowest BCUT2D eigenvalue weighted by Crippen LogP contribution is -2.51. The molecular formula is C25H26N4O4S. The number of furan rings is 1. The molecule has 0 saturated heterocycles. The van der Waals surface area contributed by atoms with Crippen LogP contribution in [0.25, 0.3) is 11.7 Å². The van der Waals surface area contributed by atoms with Crippen LogP contribution in [0.3, 0.4) is 0 Å². The number of thioether (sulfide) groups is 1. The molecular weight excluding hydrogens is 452 g/mol. The highest BCUT2D eigenvalue weighted by atomic mass is 32.2. The van der Waals surface area contributed by atoms with Crippen molar-refractivity contribution in [2.75, 3.05) is 16.4 Å². The summed E-state index contributed by atoms with van der Waals surface area (Å²) < 4.78 is 10.7. The molecule has 7 rings (SSSR count). The molecule has 9 heteroatoms. The van der Waals surface area contributed by atoms with E-state index in [-0.39, 0.29) is 34.1 Å². The third-order valence-corrected chi connectivity index (χ3v) is 8.21. The highest BCUT2D eigenvalue weighted by Crippen LogP contribution is 2.60. The van der Waals surface area contributed by atoms with E-state index >= 15 is 0 Å². The fourth-order valence-corrected chi connectivity index (χ4v) is 6.98. The molecule has 2 aromatic heterocycles. The molecule has 1 aromatic carbocycles. The maximum atomic E-state index is 13.3. The van der Waals surface area contributed by atoms with Crippen molar-refractivity contribution in [1.82, 2.24) is 10.2 Å². The summed E-state index contributed by atoms with van der Waals surface area (Å²) >= 11 is 1.15. The molecule has 34 heavy (non-hydrogen) atoms. The molecule has 0 aliphatic heterocycles. The lowest BCUT2D eigenvalue weighted by Gasteiger charge is -2.55. The molecule has 176 valence electrons. The first-order valence-electron chi connectivity index (χ1n) is 11.8. The SMILES string of the molecule is O=C(CSc1nnc(-c2ccco2)o1)Nc1cccc(NC(=O)C23CC4CC(CC(C4)C2)C3)c1. The van der Waals surface area contributed by atoms with Crippen molar-refractivity contribution >= 4 is 35.0 Å². The molecule has 2 heterocycles. The Hall–Kier alpha value is -3.07. The van der Waals surface area contributed by atoms with Crippen LogP contribution in [0.5, 0.6) is 0 Å². The van der Waals surface area contributed by atoms with Crippen LogP contribution in [0, 0.1) is 23.2 Å². The van der Waals surface area contributed by atoms with Crippen molar-refractivity contribution < 1.29 is 18.4 Å². The molecule has 4 saturated carbocycles. The molecule has 0 radical (unpaired) electrons. The van der Waals surface area contributed by atoms with Crippen LogP contribution in [0.15, 0.2) is 56.7 Å². The minimum absolute atomic E-state index is 0.115. The highest BCUT2D eigenvalue weighted by molar-refractivity contribution is 7.99. The Morgan fingerprint density at radius 3 is 2.35 bits per heavy atom. The molecule has 3 aromatic rings. The van der Waals surface area contributed by atoms with Gasteiger partial charge in [-0.05, 0) is 86.6 Å². The molecule has 0 spiro atoms. The number of anilines is 2. The van der Waals surface area contributed by atoms with E-state index in [0.717, 1.165) is 31.0 Å². The molecule has 4 aliphatic carbocycles. The van der Waals surface area contributed by atoms with Gasteiger partial charge in [-0.15, -0.1) is 10.2 Å². The summed E-state index contributed by atoms with van der Waals surface area (Å²) in [7, 11) is 0. The quantitative estimate of drug-likeness (QED) is 0.448. The first-order chi connectivity index (χ1) is 16.5. The number of benzene rings is 1. The zero-order chi connectivity index (χ0) is 23.1. The second-order valence-corrected chi connectivity index (χ2v) is 10.8. The molecule has 4 fully saturated rings. The standard InChI is InChI=1S/C25H26N4O4S/c30-21(14-34-24-29-28-22(33-24)20-5-2-6-32-20)26-18-3-1-4-19(10-18)27-23(31)25-11-15-7-16(12-25)9-17(8-15)13-25/h1-6,10,15-17H,7-9,11-14H2,(H,26,30)(H,27,31). The monoisotopic (exact) mass is 478 g/mol. The van der Waals surface area contributed by atoms with Crippen LogP contribution in [0.2, 0.25) is 0 Å². The van der Waals surface area contributed by atoms with Crippen molar-refractivity contribution in [1.29, 1.82) is 0 Å². The van der Waals surface area contributed by atoms with E-state index in [0.29, 0.717) is 34.9 Å². The second-order valence-electron chi connectivity index (χ2n) is 9.92. The van der Waals surface area contributed by atoms with Crippen molar-refractivity contribution in [3.8, 4) is 11.7 Å². The summed E-state index contributed by atoms with van der Waals surface area (Å²) in [6, 6.07) is 10.8. The fraction of sp³-hybridized carbons (Fsp3) is 0.440. The van der Waals surface area contributed by atoms with Crippen molar-refractivity contribution in [3.63, 3.8) is 0 Å². The molecule has 4 bridgehead atoms. The summed E-state index contributed by atoms with van der Waals surface area (Å²) in [5, 5.41) is 14.2. The highest BCUT2D eigenvalue weighted by Gasteiger charge is 2.54. The minimum atomic E-state index is -0.205. The maximum absolute atomic E-state index is 13.3. The van der Waals surface area contributed by atoms with Gasteiger partial charge in [0.1, 0.15) is 0 Å². The van der Waals surface area contributed by atoms with E-state index in [1.54, 1.807) is 12.1 Å². The van der Waals surface area contributed by atoms with Gasteiger partial charge >= 0.3 is 0 Å². The smallest absolute Gasteiger partial charge is 0.284 e. The van der Waals surface area contributed by atoms with Crippen LogP contribution in [0.4, 0.5) is 11.4 Å². The Kier molecular flexibility index (Phi) is 5.44. The first-order valence-corrected chi connectivity index (χ1v) is 12.7. The number of carbonyl (C=O) groups is 2. The average molecular weight is 479 g/mol. The minimum Gasteiger partial charge on any atom is -0.459 e. The molecule has 2 amide bonds. The van der Waals surface area contributed by atoms with Crippen LogP contribution in [0.1, 0.15) is 38.5 Å². The van der Waals surface area contributed by atoms with Crippen molar-refractivity contribution in [2.45, 2.75) is 43.7 Å². The van der Waals surface area contributed by atoms with Gasteiger partial charge in [-0.1, -0.05) is 17.8 Å². The number of nitrogens with one attached hydrogen (secondary N) is 2. The summed E-state index contributed by atoms with van der Waals surface area (Å²) in [5.41, 5.74) is 1.14. The van der Waals surface area contributed by atoms with E-state index in [1.165, 1.54) is 25.5 Å². The summed E-state index contributed by atoms with van der Waals surface area (Å²) in [6.45, 7) is 0. The third-order valence-electron chi connectivity index (χ3n) is 7.39. The lowest BCUT2D eigenvalue weighted by molar-refractivity contribution is -0.140. The zero-order valence-corrected chi connectivity index (χ0v) is 19.5. The predicted octanol–water partition coefficient (Wildman–Crippen LogP) is 5.22. The number of hydrogen-bond acceptors (Lipinski definition) is 7. The number of nitrogens with zero attached hydrogens (tertiary/aromatic N) is 2. The Bertz CT molecular complexity index is 1170. The van der Waals surface area contributed by atoms with Crippen LogP contribution in [-0.2, 0) is 9.59 Å². The van der Waals surface area contributed by atoms with Gasteiger partial charge in [0.25, 0.3) is 11.1 Å². The number of hydrogen-bond donors (Lipinski definition) is 2. The predicted molar refractivity (Wildman–Crippen MR) is 127 cm³/mol. The number of carbonyl (C=O) groups excluding carboxylic acids is 2. The maximum Gasteiger partial charge on any atom is 0.284 e. The topological polar surface area (TPSA) is 110 Å². The van der Waals surface area contributed by atoms with Gasteiger partial charge < -0.3 is 19.5 Å². The Morgan fingerprint density at radius 2 is 1.68 bits per heavy atom. The second kappa shape index (κ2) is 8.61. The molecule has 4 aliphatic rings. The summed E-state index contributed by atoms with van der Waals surface area (Å²) in [6.07, 6.45) is 8.51. The van der Waals surface area contributed by atoms with Gasteiger partial charge in [0.15, 0.2) is 5.76 Å². The van der Waals surface area contributed by atoms with E-state index < -0.39 is 0 Å². The summed E-state index contributed by atoms with van der Waals surface area (Å²) in [4.78, 5) is 25.8. The third kappa shape index (κ3) is 4.24. The van der Waals surface area contributed by atoms with Crippen LogP contribution >= 0.6 is 11.8 Å². The number of amides is 2. The number of rotatable bonds is 7. The largest absolute Gasteiger partial charge is 0.459 e. The zero-order valence-electron chi connectivity index (χ0n) is 18.7. The van der Waals surface area contributed by atoms with Gasteiger partial charge in [0.05, 0.1) is 17.4 Å². The normalized spacial score (nSPS) is 27.0. The Morgan fingerprint density at radius 1 is 0.971 bits per heavy atom. The van der Waals surface area contributed by atoms with Gasteiger partial charge in [0.2, 0.25) is 11.8 Å². The molecule has 0 atom stereocenters. The molecule has 2 N–H and O–H groups in total. The van der Waals surface area contributed by atoms with E-state index in [1.807, 2.05) is 24.3 Å². The van der Waals surface area contributed by atoms with Crippen molar-refractivity contribution in [3.05, 3.63) is 42.7 Å². The van der Waals surface area contributed by atoms with Gasteiger partial charge in [0, 0.05) is 11.4 Å². The average Bonchev–Trinajstić information content (AvgIpc) is 3.49. The van der Waals surface area contributed by atoms with E-state index in [9.17, 15) is 9.59 Å². The van der Waals surface area contributed by atoms with Gasteiger partial charge in [-0.2, -0.15) is 0 Å². The fourth-order valence-electron chi connectivity index (χ4n) is 6.42. The molecule has 0 unspecified atom stereocenters. The first kappa shape index (κ1) is 21.5. The van der Waals surface area contributed by atoms with Crippen LogP contribution in [-0.4, -0.2) is 27.8 Å². The van der Waals surface area contributed by atoms with Gasteiger partial charge in [-0.3, -0.25) is 9.59 Å². The Labute approximate surface area is 201 Å². The summed E-state index contributed by atoms with van der Waals surface area (Å²) in [5.74, 6) is 2.97. The Balaban J connectivity index is 1.05. The van der Waals surface area contributed by atoms with E-state index in [4.69, 9.17) is 8.83 Å².